The van der Waals surface area contributed by atoms with Crippen molar-refractivity contribution in [2.45, 2.75) is 45.2 Å². The third-order valence-electron chi connectivity index (χ3n) is 2.62. The van der Waals surface area contributed by atoms with E-state index in [0.29, 0.717) is 12.6 Å². The fourth-order valence-electron chi connectivity index (χ4n) is 1.71. The lowest BCUT2D eigenvalue weighted by Gasteiger charge is -2.14. The third kappa shape index (κ3) is 5.88. The van der Waals surface area contributed by atoms with Crippen molar-refractivity contribution in [3.8, 4) is 0 Å². The quantitative estimate of drug-likeness (QED) is 0.625. The second-order valence-corrected chi connectivity index (χ2v) is 4.25. The Morgan fingerprint density at radius 2 is 2.12 bits per heavy atom. The van der Waals surface area contributed by atoms with Gasteiger partial charge in [0.15, 0.2) is 0 Å². The molecule has 0 radical (unpaired) electrons. The molecule has 1 heterocycles. The van der Waals surface area contributed by atoms with Gasteiger partial charge in [-0.15, -0.1) is 0 Å². The zero-order chi connectivity index (χ0) is 11.6. The van der Waals surface area contributed by atoms with Crippen LogP contribution < -0.4 is 5.32 Å². The van der Waals surface area contributed by atoms with Crippen LogP contribution in [0.25, 0.3) is 0 Å². The van der Waals surface area contributed by atoms with Gasteiger partial charge in [-0.05, 0) is 26.3 Å². The number of aliphatic hydroxyl groups is 1. The zero-order valence-corrected chi connectivity index (χ0v) is 10.1. The fourth-order valence-corrected chi connectivity index (χ4v) is 1.71. The van der Waals surface area contributed by atoms with Crippen LogP contribution in [0.3, 0.4) is 0 Å². The molecule has 0 saturated carbocycles. The molecule has 0 saturated heterocycles. The maximum Gasteiger partial charge on any atom is 0.0946 e. The van der Waals surface area contributed by atoms with E-state index in [1.165, 1.54) is 12.8 Å². The average Bonchev–Trinajstić information content (AvgIpc) is 2.76. The number of aliphatic hydroxyl groups excluding tert-OH is 1. The van der Waals surface area contributed by atoms with Crippen molar-refractivity contribution in [1.82, 2.24) is 14.9 Å². The molecule has 1 atom stereocenters. The van der Waals surface area contributed by atoms with Crippen molar-refractivity contribution >= 4 is 0 Å². The summed E-state index contributed by atoms with van der Waals surface area (Å²) in [5.74, 6) is 0. The van der Waals surface area contributed by atoms with E-state index in [4.69, 9.17) is 5.11 Å². The average molecular weight is 225 g/mol. The highest BCUT2D eigenvalue weighted by Gasteiger charge is 2.00. The standard InChI is InChI=1S/C12H23N3O/c1-12(10-15-8-7-13-11-15)14-6-4-2-3-5-9-16/h7-8,11-12,14,16H,2-6,9-10H2,1H3. The lowest BCUT2D eigenvalue weighted by molar-refractivity contribution is 0.282. The topological polar surface area (TPSA) is 50.1 Å². The van der Waals surface area contributed by atoms with E-state index in [-0.39, 0.29) is 0 Å². The second-order valence-electron chi connectivity index (χ2n) is 4.25. The highest BCUT2D eigenvalue weighted by atomic mass is 16.2. The van der Waals surface area contributed by atoms with Crippen LogP contribution in [0.2, 0.25) is 0 Å². The first-order valence-electron chi connectivity index (χ1n) is 6.13. The zero-order valence-electron chi connectivity index (χ0n) is 10.1. The smallest absolute Gasteiger partial charge is 0.0946 e. The fraction of sp³-hybridized carbons (Fsp3) is 0.750. The van der Waals surface area contributed by atoms with Crippen LogP contribution in [0, 0.1) is 0 Å². The summed E-state index contributed by atoms with van der Waals surface area (Å²) in [7, 11) is 0. The summed E-state index contributed by atoms with van der Waals surface area (Å²) in [5, 5.41) is 12.1. The van der Waals surface area contributed by atoms with Crippen LogP contribution in [0.15, 0.2) is 18.7 Å². The Labute approximate surface area is 97.7 Å². The Morgan fingerprint density at radius 1 is 1.31 bits per heavy atom. The van der Waals surface area contributed by atoms with Gasteiger partial charge in [0.25, 0.3) is 0 Å². The molecule has 1 rings (SSSR count). The van der Waals surface area contributed by atoms with Crippen LogP contribution in [-0.4, -0.2) is 33.9 Å². The molecule has 0 aliphatic rings. The van der Waals surface area contributed by atoms with E-state index in [2.05, 4.69) is 21.8 Å². The lowest BCUT2D eigenvalue weighted by Crippen LogP contribution is -2.30. The summed E-state index contributed by atoms with van der Waals surface area (Å²) in [6.45, 7) is 4.54. The van der Waals surface area contributed by atoms with Crippen LogP contribution >= 0.6 is 0 Å². The molecule has 0 fully saturated rings. The van der Waals surface area contributed by atoms with Crippen molar-refractivity contribution in [3.63, 3.8) is 0 Å². The van der Waals surface area contributed by atoms with Gasteiger partial charge in [-0.2, -0.15) is 0 Å². The maximum atomic E-state index is 8.63. The molecule has 16 heavy (non-hydrogen) atoms. The van der Waals surface area contributed by atoms with Gasteiger partial charge in [0.2, 0.25) is 0 Å². The number of imidazole rings is 1. The number of hydrogen-bond acceptors (Lipinski definition) is 3. The molecule has 0 spiro atoms. The van der Waals surface area contributed by atoms with Gasteiger partial charge in [-0.1, -0.05) is 12.8 Å². The molecule has 0 amide bonds. The van der Waals surface area contributed by atoms with Crippen molar-refractivity contribution in [3.05, 3.63) is 18.7 Å². The van der Waals surface area contributed by atoms with Crippen LogP contribution in [0.4, 0.5) is 0 Å². The van der Waals surface area contributed by atoms with Crippen molar-refractivity contribution in [2.75, 3.05) is 13.2 Å². The monoisotopic (exact) mass is 225 g/mol. The Bertz CT molecular complexity index is 249. The summed E-state index contributed by atoms with van der Waals surface area (Å²) in [6.07, 6.45) is 10.1. The predicted octanol–water partition coefficient (Wildman–Crippen LogP) is 1.41. The minimum Gasteiger partial charge on any atom is -0.396 e. The Morgan fingerprint density at radius 3 is 2.81 bits per heavy atom. The number of unbranched alkanes of at least 4 members (excludes halogenated alkanes) is 3. The van der Waals surface area contributed by atoms with E-state index in [9.17, 15) is 0 Å². The number of rotatable bonds is 9. The molecule has 4 heteroatoms. The SMILES string of the molecule is CC(Cn1ccnc1)NCCCCCCO. The van der Waals surface area contributed by atoms with Crippen molar-refractivity contribution in [2.24, 2.45) is 0 Å². The van der Waals surface area contributed by atoms with Gasteiger partial charge >= 0.3 is 0 Å². The minimum absolute atomic E-state index is 0.324. The largest absolute Gasteiger partial charge is 0.396 e. The molecule has 0 aliphatic heterocycles. The molecular formula is C12H23N3O. The van der Waals surface area contributed by atoms with Crippen molar-refractivity contribution in [1.29, 1.82) is 0 Å². The van der Waals surface area contributed by atoms with Gasteiger partial charge in [0.05, 0.1) is 6.33 Å². The first-order valence-corrected chi connectivity index (χ1v) is 6.13. The second kappa shape index (κ2) is 8.30. The molecule has 0 aliphatic carbocycles. The van der Waals surface area contributed by atoms with Gasteiger partial charge in [-0.3, -0.25) is 0 Å². The van der Waals surface area contributed by atoms with Crippen LogP contribution in [0.1, 0.15) is 32.6 Å². The first-order chi connectivity index (χ1) is 7.83. The van der Waals surface area contributed by atoms with E-state index in [0.717, 1.165) is 25.9 Å². The van der Waals surface area contributed by atoms with E-state index >= 15 is 0 Å². The van der Waals surface area contributed by atoms with Crippen LogP contribution in [0.5, 0.6) is 0 Å². The first kappa shape index (κ1) is 13.2. The summed E-state index contributed by atoms with van der Waals surface area (Å²) < 4.78 is 2.09. The van der Waals surface area contributed by atoms with Gasteiger partial charge in [0, 0.05) is 31.6 Å². The normalized spacial score (nSPS) is 12.9. The highest BCUT2D eigenvalue weighted by molar-refractivity contribution is 4.76. The molecular weight excluding hydrogens is 202 g/mol. The number of hydrogen-bond donors (Lipinski definition) is 2. The molecule has 1 unspecified atom stereocenters. The highest BCUT2D eigenvalue weighted by Crippen LogP contribution is 1.98. The van der Waals surface area contributed by atoms with Gasteiger partial charge in [-0.25, -0.2) is 4.98 Å². The Balaban J connectivity index is 1.96. The summed E-state index contributed by atoms with van der Waals surface area (Å²) in [6, 6.07) is 0.479. The minimum atomic E-state index is 0.324. The molecule has 1 aromatic heterocycles. The lowest BCUT2D eigenvalue weighted by atomic mass is 10.2. The number of nitrogens with one attached hydrogen (secondary N) is 1. The van der Waals surface area contributed by atoms with E-state index < -0.39 is 0 Å². The summed E-state index contributed by atoms with van der Waals surface area (Å²) >= 11 is 0. The van der Waals surface area contributed by atoms with Gasteiger partial charge < -0.3 is 15.0 Å². The van der Waals surface area contributed by atoms with E-state index in [1.807, 2.05) is 18.7 Å². The third-order valence-corrected chi connectivity index (χ3v) is 2.62. The Kier molecular flexibility index (Phi) is 6.85. The van der Waals surface area contributed by atoms with Gasteiger partial charge in [0.1, 0.15) is 0 Å². The summed E-state index contributed by atoms with van der Waals surface area (Å²) in [5.41, 5.74) is 0. The summed E-state index contributed by atoms with van der Waals surface area (Å²) in [4.78, 5) is 4.02. The van der Waals surface area contributed by atoms with E-state index in [1.54, 1.807) is 0 Å². The number of aromatic nitrogens is 2. The Hall–Kier alpha value is -0.870. The molecule has 1 aromatic rings. The molecule has 0 aromatic carbocycles. The molecule has 92 valence electrons. The molecule has 0 bridgehead atoms. The van der Waals surface area contributed by atoms with Crippen LogP contribution in [-0.2, 0) is 6.54 Å². The molecule has 4 nitrogen and oxygen atoms in total. The van der Waals surface area contributed by atoms with Crippen molar-refractivity contribution < 1.29 is 5.11 Å². The predicted molar refractivity (Wildman–Crippen MR) is 65.2 cm³/mol. The number of nitrogens with zero attached hydrogens (tertiary/aromatic N) is 2. The maximum absolute atomic E-state index is 8.63. The molecule has 2 N–H and O–H groups in total.